The number of carboxylic acids is 1. The van der Waals surface area contributed by atoms with Gasteiger partial charge in [-0.3, -0.25) is 14.7 Å². The first-order chi connectivity index (χ1) is 9.16. The third-order valence-electron chi connectivity index (χ3n) is 3.57. The van der Waals surface area contributed by atoms with Crippen LogP contribution in [-0.4, -0.2) is 38.7 Å². The van der Waals surface area contributed by atoms with Crippen LogP contribution in [-0.2, 0) is 16.0 Å². The van der Waals surface area contributed by atoms with Gasteiger partial charge in [-0.1, -0.05) is 0 Å². The van der Waals surface area contributed by atoms with Crippen LogP contribution in [0.3, 0.4) is 0 Å². The van der Waals surface area contributed by atoms with E-state index in [-0.39, 0.29) is 17.7 Å². The average molecular weight is 266 g/mol. The van der Waals surface area contributed by atoms with Crippen LogP contribution in [0, 0.1) is 11.8 Å². The van der Waals surface area contributed by atoms with Crippen molar-refractivity contribution >= 4 is 11.9 Å². The van der Waals surface area contributed by atoms with Gasteiger partial charge in [-0.2, -0.15) is 5.10 Å². The molecule has 1 fully saturated rings. The molecule has 1 aliphatic rings. The summed E-state index contributed by atoms with van der Waals surface area (Å²) >= 11 is 0. The molecule has 0 bridgehead atoms. The minimum atomic E-state index is -0.746. The second-order valence-electron chi connectivity index (χ2n) is 4.86. The molecule has 0 spiro atoms. The Kier molecular flexibility index (Phi) is 4.48. The zero-order chi connectivity index (χ0) is 13.7. The van der Waals surface area contributed by atoms with Crippen molar-refractivity contribution in [2.24, 2.45) is 11.8 Å². The van der Waals surface area contributed by atoms with Gasteiger partial charge in [0.25, 0.3) is 0 Å². The van der Waals surface area contributed by atoms with E-state index in [1.54, 1.807) is 0 Å². The van der Waals surface area contributed by atoms with Crippen LogP contribution in [0.1, 0.15) is 31.5 Å². The largest absolute Gasteiger partial charge is 0.481 e. The molecule has 104 valence electrons. The van der Waals surface area contributed by atoms with Gasteiger partial charge in [0, 0.05) is 18.9 Å². The fourth-order valence-electron chi connectivity index (χ4n) is 2.40. The van der Waals surface area contributed by atoms with E-state index in [9.17, 15) is 9.59 Å². The van der Waals surface area contributed by atoms with Gasteiger partial charge in [0.05, 0.1) is 5.92 Å². The number of rotatable bonds is 5. The maximum Gasteiger partial charge on any atom is 0.306 e. The molecule has 0 saturated heterocycles. The highest BCUT2D eigenvalue weighted by atomic mass is 16.4. The zero-order valence-electron chi connectivity index (χ0n) is 10.6. The number of H-pyrrole nitrogens is 1. The zero-order valence-corrected chi connectivity index (χ0v) is 10.6. The van der Waals surface area contributed by atoms with Crippen LogP contribution >= 0.6 is 0 Å². The summed E-state index contributed by atoms with van der Waals surface area (Å²) < 4.78 is 0. The van der Waals surface area contributed by atoms with Crippen molar-refractivity contribution in [3.05, 3.63) is 12.2 Å². The Morgan fingerprint density at radius 1 is 1.32 bits per heavy atom. The van der Waals surface area contributed by atoms with Crippen LogP contribution in [0.2, 0.25) is 0 Å². The van der Waals surface area contributed by atoms with Crippen LogP contribution in [0.15, 0.2) is 6.33 Å². The molecule has 0 atom stereocenters. The normalized spacial score (nSPS) is 22.9. The van der Waals surface area contributed by atoms with Crippen molar-refractivity contribution in [1.29, 1.82) is 0 Å². The van der Waals surface area contributed by atoms with E-state index >= 15 is 0 Å². The van der Waals surface area contributed by atoms with Crippen LogP contribution < -0.4 is 5.32 Å². The minimum Gasteiger partial charge on any atom is -0.481 e. The quantitative estimate of drug-likeness (QED) is 0.713. The predicted molar refractivity (Wildman–Crippen MR) is 66.2 cm³/mol. The molecule has 3 N–H and O–H groups in total. The summed E-state index contributed by atoms with van der Waals surface area (Å²) in [5, 5.41) is 18.2. The van der Waals surface area contributed by atoms with Crippen molar-refractivity contribution in [3.8, 4) is 0 Å². The lowest BCUT2D eigenvalue weighted by Crippen LogP contribution is -2.35. The number of aliphatic carboxylic acids is 1. The van der Waals surface area contributed by atoms with Gasteiger partial charge in [-0.15, -0.1) is 0 Å². The maximum absolute atomic E-state index is 11.9. The van der Waals surface area contributed by atoms with Crippen LogP contribution in [0.4, 0.5) is 0 Å². The molecule has 0 unspecified atom stereocenters. The fraction of sp³-hybridized carbons (Fsp3) is 0.667. The van der Waals surface area contributed by atoms with E-state index in [1.165, 1.54) is 6.33 Å². The van der Waals surface area contributed by atoms with Gasteiger partial charge in [0.1, 0.15) is 12.2 Å². The van der Waals surface area contributed by atoms with Gasteiger partial charge >= 0.3 is 5.97 Å². The van der Waals surface area contributed by atoms with Crippen LogP contribution in [0.25, 0.3) is 0 Å². The smallest absolute Gasteiger partial charge is 0.306 e. The summed E-state index contributed by atoms with van der Waals surface area (Å²) in [6.07, 6.45) is 4.56. The first kappa shape index (κ1) is 13.5. The standard InChI is InChI=1S/C12H18N4O3/c17-11(13-6-5-10-14-7-15-16-10)8-1-3-9(4-2-8)12(18)19/h7-9H,1-6H2,(H,13,17)(H,18,19)(H,14,15,16). The van der Waals surface area contributed by atoms with Gasteiger partial charge in [0.2, 0.25) is 5.91 Å². The minimum absolute atomic E-state index is 0.0170. The number of nitrogens with zero attached hydrogens (tertiary/aromatic N) is 2. The molecule has 2 rings (SSSR count). The van der Waals surface area contributed by atoms with Crippen molar-refractivity contribution in [1.82, 2.24) is 20.5 Å². The number of carbonyl (C=O) groups is 2. The summed E-state index contributed by atoms with van der Waals surface area (Å²) in [5.74, 6) is -0.314. The molecule has 0 aliphatic heterocycles. The van der Waals surface area contributed by atoms with E-state index in [2.05, 4.69) is 20.5 Å². The number of hydrogen-bond acceptors (Lipinski definition) is 4. The fourth-order valence-corrected chi connectivity index (χ4v) is 2.40. The van der Waals surface area contributed by atoms with Crippen LogP contribution in [0.5, 0.6) is 0 Å². The third kappa shape index (κ3) is 3.77. The highest BCUT2D eigenvalue weighted by Gasteiger charge is 2.29. The molecular formula is C12H18N4O3. The lowest BCUT2D eigenvalue weighted by atomic mass is 9.81. The molecule has 0 radical (unpaired) electrons. The summed E-state index contributed by atoms with van der Waals surface area (Å²) in [4.78, 5) is 26.7. The van der Waals surface area contributed by atoms with Gasteiger partial charge in [0.15, 0.2) is 0 Å². The first-order valence-corrected chi connectivity index (χ1v) is 6.51. The molecule has 19 heavy (non-hydrogen) atoms. The maximum atomic E-state index is 11.9. The number of carbonyl (C=O) groups excluding carboxylic acids is 1. The second kappa shape index (κ2) is 6.31. The molecule has 7 heteroatoms. The molecule has 1 amide bonds. The number of nitrogens with one attached hydrogen (secondary N) is 2. The van der Waals surface area contributed by atoms with Crippen molar-refractivity contribution < 1.29 is 14.7 Å². The molecular weight excluding hydrogens is 248 g/mol. The Bertz CT molecular complexity index is 424. The lowest BCUT2D eigenvalue weighted by Gasteiger charge is -2.25. The van der Waals surface area contributed by atoms with Crippen molar-refractivity contribution in [2.45, 2.75) is 32.1 Å². The van der Waals surface area contributed by atoms with E-state index in [0.29, 0.717) is 38.6 Å². The number of aromatic amines is 1. The monoisotopic (exact) mass is 266 g/mol. The van der Waals surface area contributed by atoms with E-state index in [4.69, 9.17) is 5.11 Å². The lowest BCUT2D eigenvalue weighted by molar-refractivity contribution is -0.144. The number of hydrogen-bond donors (Lipinski definition) is 3. The average Bonchev–Trinajstić information content (AvgIpc) is 2.92. The van der Waals surface area contributed by atoms with Gasteiger partial charge in [-0.05, 0) is 25.7 Å². The van der Waals surface area contributed by atoms with Crippen molar-refractivity contribution in [3.63, 3.8) is 0 Å². The molecule has 1 saturated carbocycles. The Hall–Kier alpha value is -1.92. The summed E-state index contributed by atoms with van der Waals surface area (Å²) in [6.45, 7) is 0.521. The highest BCUT2D eigenvalue weighted by Crippen LogP contribution is 2.28. The summed E-state index contributed by atoms with van der Waals surface area (Å²) in [7, 11) is 0. The van der Waals surface area contributed by atoms with Gasteiger partial charge in [-0.25, -0.2) is 4.98 Å². The Morgan fingerprint density at radius 2 is 2.00 bits per heavy atom. The number of carboxylic acid groups (broad SMARTS) is 1. The van der Waals surface area contributed by atoms with E-state index < -0.39 is 5.97 Å². The van der Waals surface area contributed by atoms with Crippen molar-refractivity contribution in [2.75, 3.05) is 6.54 Å². The first-order valence-electron chi connectivity index (χ1n) is 6.51. The van der Waals surface area contributed by atoms with E-state index in [1.807, 2.05) is 0 Å². The van der Waals surface area contributed by atoms with Gasteiger partial charge < -0.3 is 10.4 Å². The predicted octanol–water partition coefficient (Wildman–Crippen LogP) is 0.354. The third-order valence-corrected chi connectivity index (χ3v) is 3.57. The second-order valence-corrected chi connectivity index (χ2v) is 4.86. The molecule has 1 aliphatic carbocycles. The Morgan fingerprint density at radius 3 is 2.58 bits per heavy atom. The molecule has 7 nitrogen and oxygen atoms in total. The Balaban J connectivity index is 1.68. The SMILES string of the molecule is O=C(O)C1CCC(C(=O)NCCc2ncn[nH]2)CC1. The molecule has 0 aromatic carbocycles. The number of aromatic nitrogens is 3. The molecule has 1 aromatic rings. The Labute approximate surface area is 110 Å². The molecule has 1 heterocycles. The van der Waals surface area contributed by atoms with E-state index in [0.717, 1.165) is 5.82 Å². The topological polar surface area (TPSA) is 108 Å². The summed E-state index contributed by atoms with van der Waals surface area (Å²) in [5.41, 5.74) is 0. The molecule has 1 aromatic heterocycles. The number of amides is 1. The highest BCUT2D eigenvalue weighted by molar-refractivity contribution is 5.79. The summed E-state index contributed by atoms with van der Waals surface area (Å²) in [6, 6.07) is 0.